The number of amides is 1. The van der Waals surface area contributed by atoms with Crippen molar-refractivity contribution in [3.8, 4) is 0 Å². The third kappa shape index (κ3) is 3.42. The van der Waals surface area contributed by atoms with Gasteiger partial charge in [0.1, 0.15) is 12.4 Å². The number of fused-ring (bicyclic) bond motifs is 1. The molecule has 3 aromatic rings. The standard InChI is InChI=1S/C19H19FN2O/c1-13(2)14-3-6-17(7-4-14)21-19(23)12-22-10-9-15-11-16(20)5-8-18(15)22/h3-11,13H,12H2,1-2H3,(H,21,23). The van der Waals surface area contributed by atoms with Gasteiger partial charge in [0.15, 0.2) is 0 Å². The van der Waals surface area contributed by atoms with Crippen LogP contribution in [0.15, 0.2) is 54.7 Å². The van der Waals surface area contributed by atoms with Crippen molar-refractivity contribution in [3.05, 3.63) is 66.1 Å². The van der Waals surface area contributed by atoms with Gasteiger partial charge < -0.3 is 9.88 Å². The molecule has 3 nitrogen and oxygen atoms in total. The highest BCUT2D eigenvalue weighted by Gasteiger charge is 2.08. The second-order valence-corrected chi connectivity index (χ2v) is 5.97. The zero-order chi connectivity index (χ0) is 16.4. The van der Waals surface area contributed by atoms with E-state index in [0.29, 0.717) is 5.92 Å². The van der Waals surface area contributed by atoms with Gasteiger partial charge in [0.2, 0.25) is 5.91 Å². The van der Waals surface area contributed by atoms with Crippen LogP contribution in [0.1, 0.15) is 25.3 Å². The minimum absolute atomic E-state index is 0.107. The highest BCUT2D eigenvalue weighted by Crippen LogP contribution is 2.19. The SMILES string of the molecule is CC(C)c1ccc(NC(=O)Cn2ccc3cc(F)ccc32)cc1. The number of carbonyl (C=O) groups is 1. The molecule has 0 saturated carbocycles. The number of hydrogen-bond acceptors (Lipinski definition) is 1. The van der Waals surface area contributed by atoms with E-state index >= 15 is 0 Å². The molecular weight excluding hydrogens is 291 g/mol. The highest BCUT2D eigenvalue weighted by molar-refractivity contribution is 5.92. The Bertz CT molecular complexity index is 834. The molecule has 1 N–H and O–H groups in total. The molecule has 118 valence electrons. The number of nitrogens with zero attached hydrogens (tertiary/aromatic N) is 1. The van der Waals surface area contributed by atoms with Gasteiger partial charge in [-0.2, -0.15) is 0 Å². The topological polar surface area (TPSA) is 34.0 Å². The van der Waals surface area contributed by atoms with Gasteiger partial charge in [-0.1, -0.05) is 26.0 Å². The molecule has 1 aromatic heterocycles. The van der Waals surface area contributed by atoms with Crippen LogP contribution < -0.4 is 5.32 Å². The van der Waals surface area contributed by atoms with Gasteiger partial charge in [-0.05, 0) is 47.9 Å². The van der Waals surface area contributed by atoms with Crippen molar-refractivity contribution < 1.29 is 9.18 Å². The minimum atomic E-state index is -0.273. The molecular formula is C19H19FN2O. The number of anilines is 1. The van der Waals surface area contributed by atoms with E-state index in [9.17, 15) is 9.18 Å². The summed E-state index contributed by atoms with van der Waals surface area (Å²) in [6, 6.07) is 14.2. The van der Waals surface area contributed by atoms with Crippen LogP contribution >= 0.6 is 0 Å². The monoisotopic (exact) mass is 310 g/mol. The molecule has 0 aliphatic carbocycles. The fourth-order valence-electron chi connectivity index (χ4n) is 2.62. The van der Waals surface area contributed by atoms with Gasteiger partial charge in [0.05, 0.1) is 0 Å². The predicted molar refractivity (Wildman–Crippen MR) is 91.1 cm³/mol. The summed E-state index contributed by atoms with van der Waals surface area (Å²) in [4.78, 5) is 12.2. The van der Waals surface area contributed by atoms with Gasteiger partial charge in [-0.15, -0.1) is 0 Å². The molecule has 3 rings (SSSR count). The van der Waals surface area contributed by atoms with Crippen molar-refractivity contribution >= 4 is 22.5 Å². The number of halogens is 1. The number of aromatic nitrogens is 1. The average molecular weight is 310 g/mol. The Morgan fingerprint density at radius 3 is 2.57 bits per heavy atom. The van der Waals surface area contributed by atoms with Crippen molar-refractivity contribution in [1.29, 1.82) is 0 Å². The second-order valence-electron chi connectivity index (χ2n) is 5.97. The summed E-state index contributed by atoms with van der Waals surface area (Å²) in [7, 11) is 0. The molecule has 23 heavy (non-hydrogen) atoms. The lowest BCUT2D eigenvalue weighted by molar-refractivity contribution is -0.116. The van der Waals surface area contributed by atoms with Crippen LogP contribution in [0.4, 0.5) is 10.1 Å². The first-order valence-electron chi connectivity index (χ1n) is 7.67. The van der Waals surface area contributed by atoms with Crippen LogP contribution in [0.5, 0.6) is 0 Å². The summed E-state index contributed by atoms with van der Waals surface area (Å²) in [6.45, 7) is 4.46. The van der Waals surface area contributed by atoms with Crippen molar-refractivity contribution in [2.45, 2.75) is 26.3 Å². The van der Waals surface area contributed by atoms with Gasteiger partial charge in [0.25, 0.3) is 0 Å². The smallest absolute Gasteiger partial charge is 0.244 e. The molecule has 0 atom stereocenters. The van der Waals surface area contributed by atoms with E-state index < -0.39 is 0 Å². The van der Waals surface area contributed by atoms with Crippen molar-refractivity contribution in [1.82, 2.24) is 4.57 Å². The second kappa shape index (κ2) is 6.24. The molecule has 0 radical (unpaired) electrons. The summed E-state index contributed by atoms with van der Waals surface area (Å²) in [6.07, 6.45) is 1.80. The maximum Gasteiger partial charge on any atom is 0.244 e. The largest absolute Gasteiger partial charge is 0.338 e. The van der Waals surface area contributed by atoms with Crippen molar-refractivity contribution in [2.24, 2.45) is 0 Å². The Balaban J connectivity index is 1.71. The quantitative estimate of drug-likeness (QED) is 0.754. The summed E-state index contributed by atoms with van der Waals surface area (Å²) in [5, 5.41) is 3.68. The molecule has 0 fully saturated rings. The summed E-state index contributed by atoms with van der Waals surface area (Å²) < 4.78 is 15.0. The molecule has 1 amide bonds. The molecule has 0 unspecified atom stereocenters. The number of carbonyl (C=O) groups excluding carboxylic acids is 1. The third-order valence-electron chi connectivity index (χ3n) is 3.91. The predicted octanol–water partition coefficient (Wildman–Crippen LogP) is 4.54. The summed E-state index contributed by atoms with van der Waals surface area (Å²) >= 11 is 0. The van der Waals surface area contributed by atoms with Crippen LogP contribution in [0.25, 0.3) is 10.9 Å². The molecule has 0 aliphatic heterocycles. The van der Waals surface area contributed by atoms with E-state index in [1.54, 1.807) is 12.3 Å². The highest BCUT2D eigenvalue weighted by atomic mass is 19.1. The van der Waals surface area contributed by atoms with E-state index in [0.717, 1.165) is 16.6 Å². The average Bonchev–Trinajstić information content (AvgIpc) is 2.89. The van der Waals surface area contributed by atoms with E-state index in [-0.39, 0.29) is 18.3 Å². The first kappa shape index (κ1) is 15.3. The normalized spacial score (nSPS) is 11.1. The number of rotatable bonds is 4. The van der Waals surface area contributed by atoms with Crippen LogP contribution in [0.3, 0.4) is 0 Å². The summed E-state index contributed by atoms with van der Waals surface area (Å²) in [5.74, 6) is 0.0838. The van der Waals surface area contributed by atoms with E-state index in [2.05, 4.69) is 19.2 Å². The maximum atomic E-state index is 13.2. The van der Waals surface area contributed by atoms with Gasteiger partial charge in [-0.3, -0.25) is 4.79 Å². The van der Waals surface area contributed by atoms with E-state index in [1.165, 1.54) is 17.7 Å². The minimum Gasteiger partial charge on any atom is -0.338 e. The third-order valence-corrected chi connectivity index (χ3v) is 3.91. The zero-order valence-electron chi connectivity index (χ0n) is 13.2. The number of hydrogen-bond donors (Lipinski definition) is 1. The molecule has 1 heterocycles. The molecule has 0 spiro atoms. The van der Waals surface area contributed by atoms with Crippen molar-refractivity contribution in [3.63, 3.8) is 0 Å². The van der Waals surface area contributed by atoms with Crippen molar-refractivity contribution in [2.75, 3.05) is 5.32 Å². The lowest BCUT2D eigenvalue weighted by Crippen LogP contribution is -2.18. The Morgan fingerprint density at radius 1 is 1.13 bits per heavy atom. The lowest BCUT2D eigenvalue weighted by Gasteiger charge is -2.09. The van der Waals surface area contributed by atoms with E-state index in [4.69, 9.17) is 0 Å². The maximum absolute atomic E-state index is 13.2. The van der Waals surface area contributed by atoms with Gasteiger partial charge in [0, 0.05) is 22.8 Å². The first-order chi connectivity index (χ1) is 11.0. The van der Waals surface area contributed by atoms with Gasteiger partial charge >= 0.3 is 0 Å². The van der Waals surface area contributed by atoms with E-state index in [1.807, 2.05) is 34.9 Å². The Hall–Kier alpha value is -2.62. The Labute approximate surface area is 134 Å². The number of benzene rings is 2. The summed E-state index contributed by atoms with van der Waals surface area (Å²) in [5.41, 5.74) is 2.86. The lowest BCUT2D eigenvalue weighted by atomic mass is 10.0. The molecule has 0 aliphatic rings. The fourth-order valence-corrected chi connectivity index (χ4v) is 2.62. The van der Waals surface area contributed by atoms with Gasteiger partial charge in [-0.25, -0.2) is 4.39 Å². The van der Waals surface area contributed by atoms with Crippen LogP contribution in [0.2, 0.25) is 0 Å². The Kier molecular flexibility index (Phi) is 4.15. The van der Waals surface area contributed by atoms with Crippen LogP contribution in [-0.4, -0.2) is 10.5 Å². The zero-order valence-corrected chi connectivity index (χ0v) is 13.2. The molecule has 0 saturated heterocycles. The molecule has 2 aromatic carbocycles. The van der Waals surface area contributed by atoms with Crippen LogP contribution in [-0.2, 0) is 11.3 Å². The van der Waals surface area contributed by atoms with Crippen LogP contribution in [0, 0.1) is 5.82 Å². The first-order valence-corrected chi connectivity index (χ1v) is 7.67. The Morgan fingerprint density at radius 2 is 1.87 bits per heavy atom. The molecule has 4 heteroatoms. The number of nitrogens with one attached hydrogen (secondary N) is 1. The molecule has 0 bridgehead atoms. The fraction of sp³-hybridized carbons (Fsp3) is 0.211.